The first kappa shape index (κ1) is 21.9. The van der Waals surface area contributed by atoms with Gasteiger partial charge in [0.1, 0.15) is 22.3 Å². The van der Waals surface area contributed by atoms with Gasteiger partial charge in [-0.25, -0.2) is 8.42 Å². The number of aromatic nitrogens is 2. The van der Waals surface area contributed by atoms with Crippen molar-refractivity contribution in [1.82, 2.24) is 14.3 Å². The zero-order chi connectivity index (χ0) is 22.5. The van der Waals surface area contributed by atoms with Gasteiger partial charge in [0, 0.05) is 37.6 Å². The van der Waals surface area contributed by atoms with Gasteiger partial charge in [0.05, 0.1) is 0 Å². The van der Waals surface area contributed by atoms with Crippen LogP contribution in [0, 0.1) is 0 Å². The summed E-state index contributed by atoms with van der Waals surface area (Å²) in [6.07, 6.45) is -1.36. The first-order chi connectivity index (χ1) is 13.7. The predicted octanol–water partition coefficient (Wildman–Crippen LogP) is 3.02. The summed E-state index contributed by atoms with van der Waals surface area (Å²) in [5.41, 5.74) is -1.18. The van der Waals surface area contributed by atoms with Crippen molar-refractivity contribution in [2.75, 3.05) is 5.32 Å². The average Bonchev–Trinajstić information content (AvgIpc) is 2.87. The van der Waals surface area contributed by atoms with Crippen LogP contribution in [-0.2, 0) is 23.0 Å². The monoisotopic (exact) mass is 450 g/mol. The van der Waals surface area contributed by atoms with E-state index in [-0.39, 0.29) is 16.9 Å². The van der Waals surface area contributed by atoms with Gasteiger partial charge < -0.3 is 9.88 Å². The summed E-state index contributed by atoms with van der Waals surface area (Å²) in [5, 5.41) is 2.33. The van der Waals surface area contributed by atoms with Gasteiger partial charge >= 0.3 is 6.18 Å². The third kappa shape index (κ3) is 4.21. The number of sulfonamides is 1. The Hall–Kier alpha value is -2.80. The Bertz CT molecular complexity index is 1130. The standard InChI is InChI=1S/C17H15F5N4O3S/c1-16(18,19)13-7-9(5-6-23-13)24-15(27)14-10-3-4-12(17(20,21)22)25-30(28,29)11(10)8-26(14)2/h3-8,12,25H,1-2H3,(H,23,24,27). The van der Waals surface area contributed by atoms with E-state index < -0.39 is 44.7 Å². The maximum Gasteiger partial charge on any atom is 0.408 e. The highest BCUT2D eigenvalue weighted by Gasteiger charge is 2.43. The summed E-state index contributed by atoms with van der Waals surface area (Å²) in [7, 11) is -3.26. The van der Waals surface area contributed by atoms with E-state index in [0.29, 0.717) is 13.0 Å². The van der Waals surface area contributed by atoms with Crippen LogP contribution in [0.4, 0.5) is 27.6 Å². The van der Waals surface area contributed by atoms with Crippen LogP contribution in [0.5, 0.6) is 0 Å². The van der Waals surface area contributed by atoms with E-state index in [1.165, 1.54) is 17.8 Å². The number of anilines is 1. The van der Waals surface area contributed by atoms with Crippen LogP contribution in [0.25, 0.3) is 6.08 Å². The third-order valence-corrected chi connectivity index (χ3v) is 5.72. The summed E-state index contributed by atoms with van der Waals surface area (Å²) >= 11 is 0. The van der Waals surface area contributed by atoms with Crippen molar-refractivity contribution >= 4 is 27.7 Å². The summed E-state index contributed by atoms with van der Waals surface area (Å²) in [4.78, 5) is 15.7. The number of fused-ring (bicyclic) bond motifs is 1. The molecule has 1 aliphatic heterocycles. The zero-order valence-corrected chi connectivity index (χ0v) is 16.3. The van der Waals surface area contributed by atoms with E-state index in [9.17, 15) is 35.2 Å². The zero-order valence-electron chi connectivity index (χ0n) is 15.5. The molecule has 0 saturated heterocycles. The van der Waals surface area contributed by atoms with E-state index >= 15 is 0 Å². The number of halogens is 5. The lowest BCUT2D eigenvalue weighted by atomic mass is 10.1. The fourth-order valence-electron chi connectivity index (χ4n) is 2.85. The van der Waals surface area contributed by atoms with Crippen molar-refractivity contribution in [3.63, 3.8) is 0 Å². The molecule has 13 heteroatoms. The number of carbonyl (C=O) groups excluding carboxylic acids is 1. The van der Waals surface area contributed by atoms with E-state index in [4.69, 9.17) is 0 Å². The molecule has 1 aliphatic rings. The number of nitrogens with zero attached hydrogens (tertiary/aromatic N) is 2. The fourth-order valence-corrected chi connectivity index (χ4v) is 4.28. The van der Waals surface area contributed by atoms with Crippen molar-refractivity contribution in [2.24, 2.45) is 7.05 Å². The van der Waals surface area contributed by atoms with Crippen LogP contribution in [-0.4, -0.2) is 36.1 Å². The number of alkyl halides is 5. The molecule has 0 spiro atoms. The normalized spacial score (nSPS) is 18.6. The molecule has 0 fully saturated rings. The number of aryl methyl sites for hydroxylation is 1. The Morgan fingerprint density at radius 2 is 1.93 bits per heavy atom. The maximum atomic E-state index is 13.4. The van der Waals surface area contributed by atoms with Gasteiger partial charge in [-0.05, 0) is 12.1 Å². The number of rotatable bonds is 3. The minimum absolute atomic E-state index is 0.0479. The lowest BCUT2D eigenvalue weighted by Crippen LogP contribution is -2.43. The first-order valence-electron chi connectivity index (χ1n) is 8.32. The third-order valence-electron chi connectivity index (χ3n) is 4.25. The highest BCUT2D eigenvalue weighted by atomic mass is 32.2. The van der Waals surface area contributed by atoms with Crippen molar-refractivity contribution in [2.45, 2.75) is 30.0 Å². The molecule has 0 saturated carbocycles. The van der Waals surface area contributed by atoms with Gasteiger partial charge in [-0.15, -0.1) is 0 Å². The number of hydrogen-bond acceptors (Lipinski definition) is 4. The molecule has 0 aliphatic carbocycles. The quantitative estimate of drug-likeness (QED) is 0.704. The second kappa shape index (κ2) is 7.16. The van der Waals surface area contributed by atoms with Gasteiger partial charge in [-0.2, -0.15) is 26.7 Å². The Balaban J connectivity index is 2.02. The SMILES string of the molecule is Cn1cc2c(c1C(=O)Nc1ccnc(C(C)(F)F)c1)C=CC(C(F)(F)F)NS2(=O)=O. The van der Waals surface area contributed by atoms with Crippen LogP contribution in [0.2, 0.25) is 0 Å². The van der Waals surface area contributed by atoms with Gasteiger partial charge in [-0.1, -0.05) is 12.2 Å². The summed E-state index contributed by atoms with van der Waals surface area (Å²) < 4.78 is 93.3. The Kier molecular flexibility index (Phi) is 5.23. The summed E-state index contributed by atoms with van der Waals surface area (Å²) in [5.74, 6) is -4.17. The maximum absolute atomic E-state index is 13.4. The van der Waals surface area contributed by atoms with Crippen molar-refractivity contribution in [3.8, 4) is 0 Å². The number of nitrogens with one attached hydrogen (secondary N) is 2. The van der Waals surface area contributed by atoms with E-state index in [1.54, 1.807) is 0 Å². The highest BCUT2D eigenvalue weighted by molar-refractivity contribution is 7.89. The van der Waals surface area contributed by atoms with Crippen LogP contribution in [0.1, 0.15) is 28.7 Å². The molecule has 0 radical (unpaired) electrons. The van der Waals surface area contributed by atoms with E-state index in [2.05, 4.69) is 10.3 Å². The van der Waals surface area contributed by atoms with Crippen LogP contribution >= 0.6 is 0 Å². The second-order valence-electron chi connectivity index (χ2n) is 6.64. The molecule has 3 heterocycles. The molecule has 7 nitrogen and oxygen atoms in total. The van der Waals surface area contributed by atoms with Crippen LogP contribution in [0.15, 0.2) is 35.5 Å². The smallest absolute Gasteiger partial charge is 0.345 e. The van der Waals surface area contributed by atoms with Gasteiger partial charge in [0.2, 0.25) is 10.0 Å². The molecule has 162 valence electrons. The Morgan fingerprint density at radius 1 is 1.27 bits per heavy atom. The molecule has 30 heavy (non-hydrogen) atoms. The Morgan fingerprint density at radius 3 is 2.53 bits per heavy atom. The topological polar surface area (TPSA) is 93.1 Å². The Labute approximate surface area is 167 Å². The molecule has 2 aromatic rings. The van der Waals surface area contributed by atoms with E-state index in [0.717, 1.165) is 29.1 Å². The molecule has 2 aromatic heterocycles. The molecular formula is C17H15F5N4O3S. The molecular weight excluding hydrogens is 435 g/mol. The number of amides is 1. The molecule has 0 bridgehead atoms. The first-order valence-corrected chi connectivity index (χ1v) is 9.81. The molecule has 3 rings (SSSR count). The molecule has 1 amide bonds. The minimum atomic E-state index is -4.88. The van der Waals surface area contributed by atoms with Crippen molar-refractivity contribution < 1.29 is 35.2 Å². The molecule has 1 unspecified atom stereocenters. The lowest BCUT2D eigenvalue weighted by Gasteiger charge is -2.16. The molecule has 1 atom stereocenters. The fraction of sp³-hybridized carbons (Fsp3) is 0.294. The minimum Gasteiger partial charge on any atom is -0.345 e. The van der Waals surface area contributed by atoms with Gasteiger partial charge in [0.15, 0.2) is 0 Å². The lowest BCUT2D eigenvalue weighted by molar-refractivity contribution is -0.140. The number of carbonyl (C=O) groups is 1. The van der Waals surface area contributed by atoms with Gasteiger partial charge in [-0.3, -0.25) is 9.78 Å². The number of pyridine rings is 1. The number of hydrogen-bond donors (Lipinski definition) is 2. The van der Waals surface area contributed by atoms with Crippen LogP contribution < -0.4 is 10.0 Å². The largest absolute Gasteiger partial charge is 0.408 e. The van der Waals surface area contributed by atoms with E-state index in [1.807, 2.05) is 0 Å². The predicted molar refractivity (Wildman–Crippen MR) is 96.4 cm³/mol. The average molecular weight is 450 g/mol. The van der Waals surface area contributed by atoms with Gasteiger partial charge in [0.25, 0.3) is 11.8 Å². The summed E-state index contributed by atoms with van der Waals surface area (Å²) in [6.45, 7) is 0.623. The van der Waals surface area contributed by atoms with Crippen molar-refractivity contribution in [1.29, 1.82) is 0 Å². The second-order valence-corrected chi connectivity index (χ2v) is 8.32. The molecule has 0 aromatic carbocycles. The highest BCUT2D eigenvalue weighted by Crippen LogP contribution is 2.31. The summed E-state index contributed by atoms with van der Waals surface area (Å²) in [6, 6.07) is -0.290. The van der Waals surface area contributed by atoms with Crippen molar-refractivity contribution in [3.05, 3.63) is 47.6 Å². The van der Waals surface area contributed by atoms with Crippen LogP contribution in [0.3, 0.4) is 0 Å². The molecule has 2 N–H and O–H groups in total.